The minimum absolute atomic E-state index is 0. The molecular weight excluding hydrogens is 695 g/mol. The second-order valence-electron chi connectivity index (χ2n) is 13.0. The van der Waals surface area contributed by atoms with Crippen molar-refractivity contribution in [1.29, 1.82) is 0 Å². The van der Waals surface area contributed by atoms with Crippen LogP contribution in [0, 0.1) is 5.92 Å². The first-order valence-electron chi connectivity index (χ1n) is 18.3. The number of nitrogens with zero attached hydrogens (tertiary/aromatic N) is 3. The van der Waals surface area contributed by atoms with E-state index in [2.05, 4.69) is 35.5 Å². The van der Waals surface area contributed by atoms with Gasteiger partial charge in [0, 0.05) is 37.6 Å². The summed E-state index contributed by atoms with van der Waals surface area (Å²) < 4.78 is 56.1. The van der Waals surface area contributed by atoms with Gasteiger partial charge in [-0.05, 0) is 105 Å². The van der Waals surface area contributed by atoms with Crippen LogP contribution in [-0.4, -0.2) is 74.0 Å². The molecule has 1 saturated carbocycles. The molecule has 0 spiro atoms. The van der Waals surface area contributed by atoms with Gasteiger partial charge in [-0.1, -0.05) is 58.0 Å². The van der Waals surface area contributed by atoms with Gasteiger partial charge in [-0.15, -0.1) is 0 Å². The molecule has 1 fully saturated rings. The molecule has 4 rings (SSSR count). The number of anilines is 1. The molecule has 0 atom stereocenters. The van der Waals surface area contributed by atoms with Gasteiger partial charge in [0.05, 0.1) is 31.1 Å². The number of allylic oxidation sites excluding steroid dienone is 2. The summed E-state index contributed by atoms with van der Waals surface area (Å²) in [5, 5.41) is 14.9. The highest BCUT2D eigenvalue weighted by Crippen LogP contribution is 2.34. The van der Waals surface area contributed by atoms with E-state index in [1.165, 1.54) is 31.4 Å². The zero-order valence-electron chi connectivity index (χ0n) is 31.3. The fourth-order valence-corrected chi connectivity index (χ4v) is 5.27. The van der Waals surface area contributed by atoms with E-state index in [4.69, 9.17) is 19.9 Å². The van der Waals surface area contributed by atoms with Crippen molar-refractivity contribution in [1.82, 2.24) is 9.88 Å². The van der Waals surface area contributed by atoms with Crippen LogP contribution in [0.15, 0.2) is 89.9 Å². The smallest absolute Gasteiger partial charge is 0.416 e. The van der Waals surface area contributed by atoms with Crippen LogP contribution in [0.4, 0.5) is 24.7 Å². The van der Waals surface area contributed by atoms with Gasteiger partial charge in [-0.25, -0.2) is 9.98 Å². The van der Waals surface area contributed by atoms with Gasteiger partial charge in [0.1, 0.15) is 12.4 Å². The number of aliphatic imine (C=N–C) groups is 1. The molecule has 0 amide bonds. The third-order valence-electron chi connectivity index (χ3n) is 8.53. The van der Waals surface area contributed by atoms with Crippen molar-refractivity contribution >= 4 is 23.8 Å². The monoisotopic (exact) mass is 755 g/mol. The van der Waals surface area contributed by atoms with Crippen LogP contribution in [0.5, 0.6) is 5.75 Å². The maximum Gasteiger partial charge on any atom is 0.416 e. The molecule has 12 heteroatoms. The van der Waals surface area contributed by atoms with E-state index in [0.717, 1.165) is 49.0 Å². The van der Waals surface area contributed by atoms with Crippen LogP contribution in [0.2, 0.25) is 0 Å². The molecule has 0 saturated heterocycles. The van der Waals surface area contributed by atoms with E-state index >= 15 is 0 Å². The number of aromatic nitrogens is 1. The van der Waals surface area contributed by atoms with Crippen molar-refractivity contribution in [2.45, 2.75) is 78.9 Å². The zero-order valence-corrected chi connectivity index (χ0v) is 31.3. The maximum atomic E-state index is 13.2. The fourth-order valence-electron chi connectivity index (χ4n) is 5.27. The van der Waals surface area contributed by atoms with E-state index in [0.29, 0.717) is 67.4 Å². The Kier molecular flexibility index (Phi) is 20.4. The number of nitrogens with one attached hydrogen (secondary N) is 1. The number of rotatable bonds is 22. The summed E-state index contributed by atoms with van der Waals surface area (Å²) in [6.45, 7) is 17.8. The van der Waals surface area contributed by atoms with Gasteiger partial charge >= 0.3 is 6.18 Å². The van der Waals surface area contributed by atoms with Crippen molar-refractivity contribution < 1.29 is 32.5 Å². The Bertz CT molecular complexity index is 1560. The Balaban J connectivity index is 0.000000880. The predicted molar refractivity (Wildman–Crippen MR) is 214 cm³/mol. The number of aryl methyl sites for hydroxylation is 1. The molecule has 4 N–H and O–H groups in total. The first kappa shape index (κ1) is 45.8. The van der Waals surface area contributed by atoms with E-state index < -0.39 is 11.7 Å². The molecule has 3 aromatic rings. The fraction of sp³-hybridized carbons (Fsp3) is 0.476. The molecule has 0 unspecified atom stereocenters. The van der Waals surface area contributed by atoms with E-state index in [-0.39, 0.29) is 26.0 Å². The zero-order chi connectivity index (χ0) is 38.6. The molecule has 0 bridgehead atoms. The third kappa shape index (κ3) is 15.9. The molecule has 54 heavy (non-hydrogen) atoms. The van der Waals surface area contributed by atoms with E-state index in [1.807, 2.05) is 44.2 Å². The van der Waals surface area contributed by atoms with Crippen LogP contribution in [0.1, 0.15) is 77.0 Å². The van der Waals surface area contributed by atoms with Crippen LogP contribution < -0.4 is 15.8 Å². The molecule has 1 aliphatic carbocycles. The van der Waals surface area contributed by atoms with Crippen molar-refractivity contribution in [3.05, 3.63) is 102 Å². The number of alkyl halides is 3. The highest BCUT2D eigenvalue weighted by Gasteiger charge is 2.30. The predicted octanol–water partition coefficient (Wildman–Crippen LogP) is 9.83. The first-order chi connectivity index (χ1) is 25.5. The van der Waals surface area contributed by atoms with Crippen molar-refractivity contribution in [2.24, 2.45) is 16.6 Å². The highest BCUT2D eigenvalue weighted by atomic mass is 19.4. The molecule has 298 valence electrons. The number of hydrogen-bond donors (Lipinski definition) is 3. The third-order valence-corrected chi connectivity index (χ3v) is 8.53. The van der Waals surface area contributed by atoms with E-state index in [1.54, 1.807) is 17.2 Å². The van der Waals surface area contributed by atoms with Crippen molar-refractivity contribution in [3.8, 4) is 5.75 Å². The van der Waals surface area contributed by atoms with Gasteiger partial charge in [0.2, 0.25) is 0 Å². The molecule has 1 heterocycles. The summed E-state index contributed by atoms with van der Waals surface area (Å²) in [7, 11) is 0. The summed E-state index contributed by atoms with van der Waals surface area (Å²) >= 11 is 0. The lowest BCUT2D eigenvalue weighted by atomic mass is 9.93. The number of aliphatic hydroxyl groups is 1. The van der Waals surface area contributed by atoms with E-state index in [9.17, 15) is 18.3 Å². The summed E-state index contributed by atoms with van der Waals surface area (Å²) in [6.07, 6.45) is 3.13. The van der Waals surface area contributed by atoms with Crippen LogP contribution in [0.25, 0.3) is 5.57 Å². The molecule has 0 radical (unpaired) electrons. The van der Waals surface area contributed by atoms with Gasteiger partial charge in [-0.2, -0.15) is 13.2 Å². The summed E-state index contributed by atoms with van der Waals surface area (Å²) in [5.74, 6) is 2.11. The normalized spacial score (nSPS) is 12.9. The van der Waals surface area contributed by atoms with Crippen molar-refractivity contribution in [3.63, 3.8) is 0 Å². The standard InChI is InChI=1S/C34H41F3N4O3.C7H15NO.CH4/c1-6-20-43-21-22-44-29-16-9-26(10-17-29)11-18-30(25(4)27-12-14-28(15-13-27)34(35,36)37)33(42)41(24(2)3)23-40-31-8-7-19-39-32(31)38-5;8-4-6-9-5-3-7-1-2-7;/h7-10,12-17,19,24,40,42H,4-6,11,18,20-23H2,1-3H3;7H,1-6,8H2;1H4/b33-30+;;. The van der Waals surface area contributed by atoms with Gasteiger partial charge in [-0.3, -0.25) is 0 Å². The van der Waals surface area contributed by atoms with Gasteiger partial charge < -0.3 is 35.3 Å². The number of hydrogen-bond acceptors (Lipinski definition) is 9. The topological polar surface area (TPSA) is 114 Å². The number of pyridine rings is 1. The second-order valence-corrected chi connectivity index (χ2v) is 13.0. The van der Waals surface area contributed by atoms with Crippen molar-refractivity contribution in [2.75, 3.05) is 51.6 Å². The molecular formula is C42H60F3N5O4. The average Bonchev–Trinajstić information content (AvgIpc) is 3.98. The Morgan fingerprint density at radius 2 is 1.70 bits per heavy atom. The summed E-state index contributed by atoms with van der Waals surface area (Å²) in [4.78, 5) is 9.88. The number of benzene rings is 2. The Morgan fingerprint density at radius 1 is 1.02 bits per heavy atom. The highest BCUT2D eigenvalue weighted by molar-refractivity contribution is 5.78. The summed E-state index contributed by atoms with van der Waals surface area (Å²) in [5.41, 5.74) is 7.56. The lowest BCUT2D eigenvalue weighted by molar-refractivity contribution is -0.137. The molecule has 0 aliphatic heterocycles. The van der Waals surface area contributed by atoms with Crippen LogP contribution >= 0.6 is 0 Å². The summed E-state index contributed by atoms with van der Waals surface area (Å²) in [6, 6.07) is 15.9. The lowest BCUT2D eigenvalue weighted by Crippen LogP contribution is -2.35. The molecule has 9 nitrogen and oxygen atoms in total. The first-order valence-corrected chi connectivity index (χ1v) is 18.3. The molecule has 2 aromatic carbocycles. The number of nitrogens with two attached hydrogens (primary N) is 1. The molecule has 1 aliphatic rings. The lowest BCUT2D eigenvalue weighted by Gasteiger charge is -2.31. The minimum atomic E-state index is -4.45. The Hall–Kier alpha value is -4.39. The largest absolute Gasteiger partial charge is 0.494 e. The number of aliphatic hydroxyl groups excluding tert-OH is 1. The number of halogens is 3. The average molecular weight is 756 g/mol. The Labute approximate surface area is 320 Å². The second kappa shape index (κ2) is 24.1. The van der Waals surface area contributed by atoms with Gasteiger partial charge in [0.15, 0.2) is 11.7 Å². The Morgan fingerprint density at radius 3 is 2.30 bits per heavy atom. The van der Waals surface area contributed by atoms with Crippen LogP contribution in [0.3, 0.4) is 0 Å². The number of ether oxygens (including phenoxy) is 3. The van der Waals surface area contributed by atoms with Crippen LogP contribution in [-0.2, 0) is 22.1 Å². The maximum absolute atomic E-state index is 13.2. The molecule has 1 aromatic heterocycles. The minimum Gasteiger partial charge on any atom is -0.494 e. The van der Waals surface area contributed by atoms with Gasteiger partial charge in [0.25, 0.3) is 0 Å². The quantitative estimate of drug-likeness (QED) is 0.0305. The SMILES string of the molecule is C.C=Nc1ncccc1NCN(/C(O)=C(/CCc1ccc(OCCOCCC)cc1)C(=C)c1ccc(C(F)(F)F)cc1)C(C)C.NCCOCCC1CC1.